The van der Waals surface area contributed by atoms with Crippen LogP contribution >= 0.6 is 11.8 Å². The number of hydrogen-bond donors (Lipinski definition) is 1. The predicted octanol–water partition coefficient (Wildman–Crippen LogP) is 3.15. The van der Waals surface area contributed by atoms with Gasteiger partial charge in [-0.1, -0.05) is 43.0 Å². The molecule has 16 heavy (non-hydrogen) atoms. The van der Waals surface area contributed by atoms with Gasteiger partial charge in [0.15, 0.2) is 5.16 Å². The zero-order valence-electron chi connectivity index (χ0n) is 9.05. The Kier molecular flexibility index (Phi) is 2.44. The highest BCUT2D eigenvalue weighted by molar-refractivity contribution is 7.99. The van der Waals surface area contributed by atoms with E-state index < -0.39 is 0 Å². The maximum Gasteiger partial charge on any atom is 0.183 e. The predicted molar refractivity (Wildman–Crippen MR) is 64.5 cm³/mol. The van der Waals surface area contributed by atoms with E-state index in [1.807, 2.05) is 0 Å². The maximum absolute atomic E-state index is 4.17. The van der Waals surface area contributed by atoms with Crippen molar-refractivity contribution < 1.29 is 0 Å². The highest BCUT2D eigenvalue weighted by Gasteiger charge is 2.28. The number of hydrogen-bond acceptors (Lipinski definition) is 3. The van der Waals surface area contributed by atoms with Gasteiger partial charge in [-0.3, -0.25) is 5.10 Å². The van der Waals surface area contributed by atoms with Gasteiger partial charge in [-0.15, -0.1) is 0 Å². The molecule has 2 atom stereocenters. The largest absolute Gasteiger partial charge is 0.254 e. The van der Waals surface area contributed by atoms with Crippen molar-refractivity contribution in [2.75, 3.05) is 0 Å². The van der Waals surface area contributed by atoms with Crippen LogP contribution < -0.4 is 0 Å². The number of aromatic nitrogens is 3. The summed E-state index contributed by atoms with van der Waals surface area (Å²) in [5.41, 5.74) is 2.94. The number of benzene rings is 1. The number of nitrogens with one attached hydrogen (secondary N) is 1. The average molecular weight is 231 g/mol. The van der Waals surface area contributed by atoms with Gasteiger partial charge >= 0.3 is 0 Å². The van der Waals surface area contributed by atoms with Crippen molar-refractivity contribution >= 4 is 11.8 Å². The van der Waals surface area contributed by atoms with Crippen molar-refractivity contribution in [2.24, 2.45) is 0 Å². The van der Waals surface area contributed by atoms with Gasteiger partial charge in [0.05, 0.1) is 0 Å². The molecule has 1 aliphatic carbocycles. The van der Waals surface area contributed by atoms with Gasteiger partial charge in [0, 0.05) is 5.25 Å². The molecule has 0 bridgehead atoms. The lowest BCUT2D eigenvalue weighted by Crippen LogP contribution is -1.88. The molecule has 4 heteroatoms. The molecule has 2 unspecified atom stereocenters. The SMILES string of the molecule is CC1CC(Sc2ncn[nH]2)c2ccccc21. The van der Waals surface area contributed by atoms with Crippen LogP contribution in [0.3, 0.4) is 0 Å². The first-order valence-electron chi connectivity index (χ1n) is 5.45. The summed E-state index contributed by atoms with van der Waals surface area (Å²) in [5, 5.41) is 8.22. The smallest absolute Gasteiger partial charge is 0.183 e. The van der Waals surface area contributed by atoms with Crippen molar-refractivity contribution in [2.45, 2.75) is 29.7 Å². The second kappa shape index (κ2) is 3.94. The molecular weight excluding hydrogens is 218 g/mol. The Morgan fingerprint density at radius 1 is 1.31 bits per heavy atom. The van der Waals surface area contributed by atoms with Crippen molar-refractivity contribution in [1.29, 1.82) is 0 Å². The van der Waals surface area contributed by atoms with Crippen molar-refractivity contribution in [1.82, 2.24) is 15.2 Å². The fourth-order valence-corrected chi connectivity index (χ4v) is 3.53. The van der Waals surface area contributed by atoms with Crippen LogP contribution in [0.15, 0.2) is 35.7 Å². The van der Waals surface area contributed by atoms with E-state index in [9.17, 15) is 0 Å². The number of nitrogens with zero attached hydrogens (tertiary/aromatic N) is 2. The molecule has 3 rings (SSSR count). The van der Waals surface area contributed by atoms with E-state index in [2.05, 4.69) is 46.4 Å². The Labute approximate surface area is 98.7 Å². The maximum atomic E-state index is 4.17. The van der Waals surface area contributed by atoms with Gasteiger partial charge in [0.2, 0.25) is 0 Å². The fraction of sp³-hybridized carbons (Fsp3) is 0.333. The third-order valence-electron chi connectivity index (χ3n) is 3.09. The van der Waals surface area contributed by atoms with E-state index in [0.717, 1.165) is 5.16 Å². The van der Waals surface area contributed by atoms with Crippen LogP contribution in [0.25, 0.3) is 0 Å². The van der Waals surface area contributed by atoms with Gasteiger partial charge < -0.3 is 0 Å². The monoisotopic (exact) mass is 231 g/mol. The van der Waals surface area contributed by atoms with Gasteiger partial charge in [0.1, 0.15) is 6.33 Å². The average Bonchev–Trinajstić information content (AvgIpc) is 2.90. The van der Waals surface area contributed by atoms with E-state index in [4.69, 9.17) is 0 Å². The summed E-state index contributed by atoms with van der Waals surface area (Å²) in [6, 6.07) is 8.70. The molecule has 0 radical (unpaired) electrons. The summed E-state index contributed by atoms with van der Waals surface area (Å²) in [7, 11) is 0. The summed E-state index contributed by atoms with van der Waals surface area (Å²) < 4.78 is 0. The minimum Gasteiger partial charge on any atom is -0.254 e. The van der Waals surface area contributed by atoms with Crippen LogP contribution in [0.4, 0.5) is 0 Å². The van der Waals surface area contributed by atoms with Crippen LogP contribution in [0, 0.1) is 0 Å². The summed E-state index contributed by atoms with van der Waals surface area (Å²) in [5.74, 6) is 0.650. The number of fused-ring (bicyclic) bond motifs is 1. The summed E-state index contributed by atoms with van der Waals surface area (Å²) >= 11 is 1.78. The van der Waals surface area contributed by atoms with Gasteiger partial charge in [0.25, 0.3) is 0 Å². The first-order chi connectivity index (χ1) is 7.84. The third kappa shape index (κ3) is 1.63. The first-order valence-corrected chi connectivity index (χ1v) is 6.33. The van der Waals surface area contributed by atoms with Crippen LogP contribution in [-0.2, 0) is 0 Å². The second-order valence-corrected chi connectivity index (χ2v) is 5.35. The van der Waals surface area contributed by atoms with Crippen LogP contribution in [0.2, 0.25) is 0 Å². The lowest BCUT2D eigenvalue weighted by molar-refractivity contribution is 0.736. The minimum absolute atomic E-state index is 0.513. The minimum atomic E-state index is 0.513. The molecule has 0 spiro atoms. The molecule has 3 nitrogen and oxygen atoms in total. The Balaban J connectivity index is 1.89. The molecule has 1 aliphatic rings. The number of H-pyrrole nitrogens is 1. The first kappa shape index (κ1) is 9.90. The van der Waals surface area contributed by atoms with E-state index >= 15 is 0 Å². The lowest BCUT2D eigenvalue weighted by atomic mass is 10.0. The van der Waals surface area contributed by atoms with Crippen molar-refractivity contribution in [3.8, 4) is 0 Å². The molecule has 0 aliphatic heterocycles. The quantitative estimate of drug-likeness (QED) is 0.863. The van der Waals surface area contributed by atoms with Crippen LogP contribution in [0.1, 0.15) is 35.6 Å². The molecular formula is C12H13N3S. The normalized spacial score (nSPS) is 23.3. The number of thioether (sulfide) groups is 1. The Bertz CT molecular complexity index is 481. The number of rotatable bonds is 2. The van der Waals surface area contributed by atoms with Crippen LogP contribution in [0.5, 0.6) is 0 Å². The second-order valence-electron chi connectivity index (χ2n) is 4.16. The Hall–Kier alpha value is -1.29. The lowest BCUT2D eigenvalue weighted by Gasteiger charge is -2.08. The van der Waals surface area contributed by atoms with Crippen LogP contribution in [-0.4, -0.2) is 15.2 Å². The molecule has 82 valence electrons. The highest BCUT2D eigenvalue weighted by Crippen LogP contribution is 2.48. The molecule has 1 aromatic heterocycles. The zero-order valence-corrected chi connectivity index (χ0v) is 9.87. The molecule has 0 amide bonds. The molecule has 0 saturated carbocycles. The zero-order chi connectivity index (χ0) is 11.0. The molecule has 1 heterocycles. The highest BCUT2D eigenvalue weighted by atomic mass is 32.2. The van der Waals surface area contributed by atoms with Gasteiger partial charge in [-0.25, -0.2) is 4.98 Å². The van der Waals surface area contributed by atoms with E-state index in [0.29, 0.717) is 11.2 Å². The standard InChI is InChI=1S/C12H13N3S/c1-8-6-11(16-12-13-7-14-15-12)10-5-3-2-4-9(8)10/h2-5,7-8,11H,6H2,1H3,(H,13,14,15). The summed E-state index contributed by atoms with van der Waals surface area (Å²) in [6.07, 6.45) is 2.75. The molecule has 2 aromatic rings. The topological polar surface area (TPSA) is 41.6 Å². The molecule has 0 fully saturated rings. The van der Waals surface area contributed by atoms with Gasteiger partial charge in [-0.2, -0.15) is 5.10 Å². The van der Waals surface area contributed by atoms with E-state index in [1.165, 1.54) is 17.5 Å². The summed E-state index contributed by atoms with van der Waals surface area (Å²) in [6.45, 7) is 2.29. The summed E-state index contributed by atoms with van der Waals surface area (Å²) in [4.78, 5) is 4.17. The molecule has 0 saturated heterocycles. The Morgan fingerprint density at radius 2 is 2.12 bits per heavy atom. The third-order valence-corrected chi connectivity index (χ3v) is 4.24. The fourth-order valence-electron chi connectivity index (χ4n) is 2.33. The molecule has 1 N–H and O–H groups in total. The number of aromatic amines is 1. The van der Waals surface area contributed by atoms with Gasteiger partial charge in [-0.05, 0) is 23.5 Å². The molecule has 1 aromatic carbocycles. The van der Waals surface area contributed by atoms with E-state index in [-0.39, 0.29) is 0 Å². The van der Waals surface area contributed by atoms with Crippen molar-refractivity contribution in [3.63, 3.8) is 0 Å². The van der Waals surface area contributed by atoms with E-state index in [1.54, 1.807) is 18.1 Å². The van der Waals surface area contributed by atoms with Crippen molar-refractivity contribution in [3.05, 3.63) is 41.7 Å². The Morgan fingerprint density at radius 3 is 2.88 bits per heavy atom.